The second-order valence-corrected chi connectivity index (χ2v) is 5.65. The van der Waals surface area contributed by atoms with E-state index in [4.69, 9.17) is 10.3 Å². The zero-order valence-corrected chi connectivity index (χ0v) is 13.1. The van der Waals surface area contributed by atoms with Gasteiger partial charge >= 0.3 is 0 Å². The van der Waals surface area contributed by atoms with Crippen LogP contribution in [-0.2, 0) is 0 Å². The first-order valence-electron chi connectivity index (χ1n) is 5.50. The molecule has 0 saturated heterocycles. The summed E-state index contributed by atoms with van der Waals surface area (Å²) in [6, 6.07) is 5.30. The quantitative estimate of drug-likeness (QED) is 0.714. The van der Waals surface area contributed by atoms with E-state index >= 15 is 0 Å². The Morgan fingerprint density at radius 3 is 2.65 bits per heavy atom. The van der Waals surface area contributed by atoms with Crippen LogP contribution in [0.5, 0.6) is 0 Å². The van der Waals surface area contributed by atoms with Gasteiger partial charge in [-0.25, -0.2) is 4.98 Å². The fourth-order valence-corrected chi connectivity index (χ4v) is 2.70. The molecule has 6 nitrogen and oxygen atoms in total. The molecule has 3 heterocycles. The molecular weight excluding hydrogens is 390 g/mol. The molecule has 0 amide bonds. The van der Waals surface area contributed by atoms with Gasteiger partial charge in [0.05, 0.1) is 11.9 Å². The van der Waals surface area contributed by atoms with Crippen LogP contribution in [0.4, 0.5) is 5.69 Å². The SMILES string of the molecule is Nc1ccc(-c2nc(-c3ncc(Br)cc3Br)no2)nc1. The Morgan fingerprint density at radius 1 is 1.10 bits per heavy atom. The topological polar surface area (TPSA) is 90.7 Å². The lowest BCUT2D eigenvalue weighted by molar-refractivity contribution is 0.431. The van der Waals surface area contributed by atoms with Crippen molar-refractivity contribution in [3.63, 3.8) is 0 Å². The van der Waals surface area contributed by atoms with Crippen LogP contribution in [0.3, 0.4) is 0 Å². The Balaban J connectivity index is 1.99. The predicted octanol–water partition coefficient (Wildman–Crippen LogP) is 3.30. The van der Waals surface area contributed by atoms with Gasteiger partial charge in [0.2, 0.25) is 5.82 Å². The molecule has 0 aliphatic rings. The van der Waals surface area contributed by atoms with Crippen LogP contribution < -0.4 is 5.73 Å². The fraction of sp³-hybridized carbons (Fsp3) is 0. The molecule has 0 radical (unpaired) electrons. The first kappa shape index (κ1) is 13.2. The van der Waals surface area contributed by atoms with E-state index in [9.17, 15) is 0 Å². The maximum atomic E-state index is 5.59. The number of halogens is 2. The smallest absolute Gasteiger partial charge is 0.276 e. The standard InChI is InChI=1S/C12H7Br2N5O/c13-6-3-8(14)10(17-4-6)11-18-12(20-19-11)9-2-1-7(15)5-16-9/h1-5H,15H2. The highest BCUT2D eigenvalue weighted by atomic mass is 79.9. The van der Waals surface area contributed by atoms with Crippen LogP contribution in [0.15, 0.2) is 44.1 Å². The molecule has 3 rings (SSSR count). The summed E-state index contributed by atoms with van der Waals surface area (Å²) >= 11 is 6.75. The van der Waals surface area contributed by atoms with Crippen molar-refractivity contribution in [2.45, 2.75) is 0 Å². The number of pyridine rings is 2. The van der Waals surface area contributed by atoms with Gasteiger partial charge in [-0.2, -0.15) is 4.98 Å². The first-order valence-corrected chi connectivity index (χ1v) is 7.09. The minimum absolute atomic E-state index is 0.316. The molecule has 0 atom stereocenters. The lowest BCUT2D eigenvalue weighted by Gasteiger charge is -1.97. The maximum Gasteiger partial charge on any atom is 0.276 e. The highest BCUT2D eigenvalue weighted by Crippen LogP contribution is 2.27. The maximum absolute atomic E-state index is 5.59. The van der Waals surface area contributed by atoms with E-state index in [0.717, 1.165) is 8.95 Å². The number of nitrogens with zero attached hydrogens (tertiary/aromatic N) is 4. The zero-order chi connectivity index (χ0) is 14.1. The molecule has 20 heavy (non-hydrogen) atoms. The van der Waals surface area contributed by atoms with E-state index in [1.54, 1.807) is 18.3 Å². The van der Waals surface area contributed by atoms with Crippen molar-refractivity contribution < 1.29 is 4.52 Å². The van der Waals surface area contributed by atoms with Gasteiger partial charge in [0.25, 0.3) is 5.89 Å². The minimum atomic E-state index is 0.316. The molecular formula is C12H7Br2N5O. The number of nitrogens with two attached hydrogens (primary N) is 1. The Bertz CT molecular complexity index is 757. The Kier molecular flexibility index (Phi) is 3.49. The van der Waals surface area contributed by atoms with Crippen LogP contribution in [0.25, 0.3) is 23.1 Å². The van der Waals surface area contributed by atoms with Gasteiger partial charge in [0.15, 0.2) is 0 Å². The van der Waals surface area contributed by atoms with Gasteiger partial charge in [-0.1, -0.05) is 5.16 Å². The molecule has 3 aromatic rings. The van der Waals surface area contributed by atoms with Crippen molar-refractivity contribution in [1.29, 1.82) is 0 Å². The van der Waals surface area contributed by atoms with Crippen LogP contribution in [0.1, 0.15) is 0 Å². The average molecular weight is 397 g/mol. The lowest BCUT2D eigenvalue weighted by atomic mass is 10.3. The highest BCUT2D eigenvalue weighted by molar-refractivity contribution is 9.11. The van der Waals surface area contributed by atoms with Crippen molar-refractivity contribution in [3.8, 4) is 23.1 Å². The second kappa shape index (κ2) is 5.29. The van der Waals surface area contributed by atoms with E-state index in [0.29, 0.717) is 28.8 Å². The predicted molar refractivity (Wildman–Crippen MR) is 80.6 cm³/mol. The molecule has 3 aromatic heterocycles. The number of anilines is 1. The molecule has 0 fully saturated rings. The third-order valence-electron chi connectivity index (χ3n) is 2.45. The van der Waals surface area contributed by atoms with Gasteiger partial charge in [0, 0.05) is 15.1 Å². The van der Waals surface area contributed by atoms with Crippen molar-refractivity contribution in [2.75, 3.05) is 5.73 Å². The molecule has 0 unspecified atom stereocenters. The number of hydrogen-bond acceptors (Lipinski definition) is 6. The second-order valence-electron chi connectivity index (χ2n) is 3.88. The van der Waals surface area contributed by atoms with Gasteiger partial charge in [-0.15, -0.1) is 0 Å². The van der Waals surface area contributed by atoms with E-state index in [-0.39, 0.29) is 0 Å². The molecule has 8 heteroatoms. The molecule has 0 aromatic carbocycles. The molecule has 0 bridgehead atoms. The molecule has 0 aliphatic heterocycles. The van der Waals surface area contributed by atoms with Crippen LogP contribution >= 0.6 is 31.9 Å². The summed E-state index contributed by atoms with van der Waals surface area (Å²) in [6.07, 6.45) is 3.20. The summed E-state index contributed by atoms with van der Waals surface area (Å²) in [7, 11) is 0. The molecule has 0 aliphatic carbocycles. The van der Waals surface area contributed by atoms with E-state index < -0.39 is 0 Å². The first-order chi connectivity index (χ1) is 9.63. The summed E-state index contributed by atoms with van der Waals surface area (Å²) in [4.78, 5) is 12.7. The molecule has 0 saturated carbocycles. The zero-order valence-electron chi connectivity index (χ0n) is 9.92. The van der Waals surface area contributed by atoms with Gasteiger partial charge in [-0.3, -0.25) is 4.98 Å². The Labute approximate surface area is 130 Å². The third kappa shape index (κ3) is 2.56. The summed E-state index contributed by atoms with van der Waals surface area (Å²) in [5, 5.41) is 3.91. The Morgan fingerprint density at radius 2 is 1.95 bits per heavy atom. The number of hydrogen-bond donors (Lipinski definition) is 1. The van der Waals surface area contributed by atoms with Crippen molar-refractivity contribution in [1.82, 2.24) is 20.1 Å². The molecule has 100 valence electrons. The van der Waals surface area contributed by atoms with Crippen LogP contribution in [-0.4, -0.2) is 20.1 Å². The number of nitrogen functional groups attached to an aromatic ring is 1. The summed E-state index contributed by atoms with van der Waals surface area (Å²) in [5.41, 5.74) is 7.32. The van der Waals surface area contributed by atoms with Gasteiger partial charge in [-0.05, 0) is 50.1 Å². The number of aromatic nitrogens is 4. The van der Waals surface area contributed by atoms with Crippen LogP contribution in [0, 0.1) is 0 Å². The molecule has 0 spiro atoms. The monoisotopic (exact) mass is 395 g/mol. The van der Waals surface area contributed by atoms with Crippen LogP contribution in [0.2, 0.25) is 0 Å². The minimum Gasteiger partial charge on any atom is -0.397 e. The van der Waals surface area contributed by atoms with Gasteiger partial charge in [0.1, 0.15) is 11.4 Å². The number of rotatable bonds is 2. The fourth-order valence-electron chi connectivity index (χ4n) is 1.53. The average Bonchev–Trinajstić information content (AvgIpc) is 2.89. The lowest BCUT2D eigenvalue weighted by Crippen LogP contribution is -1.89. The largest absolute Gasteiger partial charge is 0.397 e. The highest BCUT2D eigenvalue weighted by Gasteiger charge is 2.15. The van der Waals surface area contributed by atoms with Crippen molar-refractivity contribution >= 4 is 37.5 Å². The third-order valence-corrected chi connectivity index (χ3v) is 3.49. The van der Waals surface area contributed by atoms with Crippen molar-refractivity contribution in [2.24, 2.45) is 0 Å². The summed E-state index contributed by atoms with van der Waals surface area (Å²) < 4.78 is 6.82. The summed E-state index contributed by atoms with van der Waals surface area (Å²) in [5.74, 6) is 0.703. The normalized spacial score (nSPS) is 10.7. The Hall–Kier alpha value is -1.80. The van der Waals surface area contributed by atoms with E-state index in [1.165, 1.54) is 6.20 Å². The summed E-state index contributed by atoms with van der Waals surface area (Å²) in [6.45, 7) is 0. The van der Waals surface area contributed by atoms with Crippen molar-refractivity contribution in [3.05, 3.63) is 39.5 Å². The van der Waals surface area contributed by atoms with E-state index in [1.807, 2.05) is 6.07 Å². The molecule has 2 N–H and O–H groups in total. The van der Waals surface area contributed by atoms with Gasteiger partial charge < -0.3 is 10.3 Å². The van der Waals surface area contributed by atoms with E-state index in [2.05, 4.69) is 52.0 Å².